The molecule has 3 atom stereocenters. The molecular weight excluding hydrogens is 328 g/mol. The lowest BCUT2D eigenvalue weighted by molar-refractivity contribution is -0.126. The van der Waals surface area contributed by atoms with Crippen LogP contribution in [0.1, 0.15) is 26.2 Å². The van der Waals surface area contributed by atoms with Gasteiger partial charge in [0.15, 0.2) is 0 Å². The molecule has 2 aliphatic rings. The molecule has 7 heteroatoms. The molecule has 2 fully saturated rings. The fraction of sp³-hybridized carbons (Fsp3) is 0.611. The third kappa shape index (κ3) is 4.60. The summed E-state index contributed by atoms with van der Waals surface area (Å²) in [6.45, 7) is 1.43. The van der Waals surface area contributed by atoms with Gasteiger partial charge in [-0.2, -0.15) is 8.78 Å². The Morgan fingerprint density at radius 3 is 2.92 bits per heavy atom. The third-order valence-electron chi connectivity index (χ3n) is 4.95. The summed E-state index contributed by atoms with van der Waals surface area (Å²) in [6.07, 6.45) is 2.51. The molecule has 3 rings (SSSR count). The Labute approximate surface area is 146 Å². The lowest BCUT2D eigenvalue weighted by Crippen LogP contribution is -2.46. The van der Waals surface area contributed by atoms with Crippen LogP contribution in [-0.4, -0.2) is 44.2 Å². The first-order chi connectivity index (χ1) is 12.0. The van der Waals surface area contributed by atoms with Gasteiger partial charge in [0.2, 0.25) is 5.91 Å². The summed E-state index contributed by atoms with van der Waals surface area (Å²) in [4.78, 5) is 14.5. The Morgan fingerprint density at radius 1 is 1.36 bits per heavy atom. The van der Waals surface area contributed by atoms with Crippen molar-refractivity contribution in [3.05, 3.63) is 24.3 Å². The molecule has 2 N–H and O–H groups in total. The summed E-state index contributed by atoms with van der Waals surface area (Å²) in [7, 11) is 0. The van der Waals surface area contributed by atoms with Gasteiger partial charge in [0.05, 0.1) is 5.69 Å². The maximum Gasteiger partial charge on any atom is 0.387 e. The highest BCUT2D eigenvalue weighted by atomic mass is 19.3. The zero-order valence-electron chi connectivity index (χ0n) is 14.4. The summed E-state index contributed by atoms with van der Waals surface area (Å²) in [6, 6.07) is 7.20. The molecule has 1 aromatic carbocycles. The van der Waals surface area contributed by atoms with Crippen molar-refractivity contribution in [2.75, 3.05) is 24.5 Å². The second kappa shape index (κ2) is 7.99. The van der Waals surface area contributed by atoms with Gasteiger partial charge < -0.3 is 20.3 Å². The van der Waals surface area contributed by atoms with Crippen LogP contribution in [0.2, 0.25) is 0 Å². The summed E-state index contributed by atoms with van der Waals surface area (Å²) >= 11 is 0. The maximum atomic E-state index is 12.6. The van der Waals surface area contributed by atoms with E-state index in [1.54, 1.807) is 24.3 Å². The number of ether oxygens (including phenoxy) is 1. The lowest BCUT2D eigenvalue weighted by Gasteiger charge is -2.28. The Kier molecular flexibility index (Phi) is 5.73. The number of anilines is 1. The van der Waals surface area contributed by atoms with E-state index in [9.17, 15) is 13.6 Å². The van der Waals surface area contributed by atoms with Gasteiger partial charge in [0, 0.05) is 31.1 Å². The number of carbonyl (C=O) groups excluding carboxylic acids is 1. The number of amides is 1. The van der Waals surface area contributed by atoms with Crippen LogP contribution >= 0.6 is 0 Å². The SMILES string of the molecule is C[C@H]1C[C@@H](C(=O)NC2CCN(c3ccccc3OC(F)F)C2)CCN1. The monoisotopic (exact) mass is 353 g/mol. The van der Waals surface area contributed by atoms with Crippen molar-refractivity contribution in [1.82, 2.24) is 10.6 Å². The fourth-order valence-corrected chi connectivity index (χ4v) is 3.70. The first kappa shape index (κ1) is 17.9. The van der Waals surface area contributed by atoms with Gasteiger partial charge in [0.1, 0.15) is 5.75 Å². The molecule has 5 nitrogen and oxygen atoms in total. The van der Waals surface area contributed by atoms with Crippen LogP contribution in [0.3, 0.4) is 0 Å². The van der Waals surface area contributed by atoms with Crippen molar-refractivity contribution < 1.29 is 18.3 Å². The molecule has 138 valence electrons. The Bertz CT molecular complexity index is 599. The molecule has 0 spiro atoms. The van der Waals surface area contributed by atoms with Gasteiger partial charge in [-0.3, -0.25) is 4.79 Å². The summed E-state index contributed by atoms with van der Waals surface area (Å²) in [5.74, 6) is 0.341. The number of nitrogens with zero attached hydrogens (tertiary/aromatic N) is 1. The number of para-hydroxylation sites is 2. The molecule has 25 heavy (non-hydrogen) atoms. The van der Waals surface area contributed by atoms with Crippen molar-refractivity contribution in [2.45, 2.75) is 44.9 Å². The quantitative estimate of drug-likeness (QED) is 0.853. The third-order valence-corrected chi connectivity index (χ3v) is 4.95. The smallest absolute Gasteiger partial charge is 0.387 e. The molecule has 1 amide bonds. The topological polar surface area (TPSA) is 53.6 Å². The van der Waals surface area contributed by atoms with Gasteiger partial charge in [-0.25, -0.2) is 0 Å². The van der Waals surface area contributed by atoms with Gasteiger partial charge in [-0.1, -0.05) is 12.1 Å². The highest BCUT2D eigenvalue weighted by molar-refractivity contribution is 5.79. The van der Waals surface area contributed by atoms with Crippen LogP contribution in [0, 0.1) is 5.92 Å². The number of carbonyl (C=O) groups is 1. The van der Waals surface area contributed by atoms with E-state index >= 15 is 0 Å². The first-order valence-electron chi connectivity index (χ1n) is 8.85. The van der Waals surface area contributed by atoms with Crippen molar-refractivity contribution in [3.8, 4) is 5.75 Å². The molecule has 0 aromatic heterocycles. The molecular formula is C18H25F2N3O2. The molecule has 2 heterocycles. The van der Waals surface area contributed by atoms with E-state index in [-0.39, 0.29) is 23.6 Å². The van der Waals surface area contributed by atoms with E-state index < -0.39 is 6.61 Å². The zero-order chi connectivity index (χ0) is 17.8. The molecule has 0 radical (unpaired) electrons. The second-order valence-electron chi connectivity index (χ2n) is 6.86. The number of rotatable bonds is 5. The largest absolute Gasteiger partial charge is 0.433 e. The van der Waals surface area contributed by atoms with Crippen LogP contribution in [0.25, 0.3) is 0 Å². The van der Waals surface area contributed by atoms with Crippen molar-refractivity contribution >= 4 is 11.6 Å². The number of hydrogen-bond acceptors (Lipinski definition) is 4. The van der Waals surface area contributed by atoms with Gasteiger partial charge in [-0.15, -0.1) is 0 Å². The number of hydrogen-bond donors (Lipinski definition) is 2. The average molecular weight is 353 g/mol. The summed E-state index contributed by atoms with van der Waals surface area (Å²) in [5.41, 5.74) is 0.648. The van der Waals surface area contributed by atoms with Crippen molar-refractivity contribution in [3.63, 3.8) is 0 Å². The Hall–Kier alpha value is -1.89. The van der Waals surface area contributed by atoms with E-state index in [0.717, 1.165) is 25.8 Å². The number of benzene rings is 1. The Balaban J connectivity index is 1.58. The van der Waals surface area contributed by atoms with E-state index in [1.165, 1.54) is 0 Å². The van der Waals surface area contributed by atoms with E-state index in [1.807, 2.05) is 4.90 Å². The van der Waals surface area contributed by atoms with Crippen molar-refractivity contribution in [2.24, 2.45) is 5.92 Å². The van der Waals surface area contributed by atoms with Crippen LogP contribution in [-0.2, 0) is 4.79 Å². The number of halogens is 2. The van der Waals surface area contributed by atoms with Gasteiger partial charge >= 0.3 is 6.61 Å². The maximum absolute atomic E-state index is 12.6. The van der Waals surface area contributed by atoms with Crippen LogP contribution in [0.5, 0.6) is 5.75 Å². The molecule has 1 aromatic rings. The minimum absolute atomic E-state index is 0.0392. The second-order valence-corrected chi connectivity index (χ2v) is 6.86. The first-order valence-corrected chi connectivity index (χ1v) is 8.85. The fourth-order valence-electron chi connectivity index (χ4n) is 3.70. The van der Waals surface area contributed by atoms with Gasteiger partial charge in [0.25, 0.3) is 0 Å². The highest BCUT2D eigenvalue weighted by Crippen LogP contribution is 2.32. The average Bonchev–Trinajstić information content (AvgIpc) is 3.03. The van der Waals surface area contributed by atoms with Crippen LogP contribution in [0.4, 0.5) is 14.5 Å². The van der Waals surface area contributed by atoms with Gasteiger partial charge in [-0.05, 0) is 44.9 Å². The highest BCUT2D eigenvalue weighted by Gasteiger charge is 2.30. The molecule has 0 saturated carbocycles. The molecule has 2 aliphatic heterocycles. The molecule has 0 aliphatic carbocycles. The molecule has 2 saturated heterocycles. The van der Waals surface area contributed by atoms with E-state index in [0.29, 0.717) is 24.8 Å². The lowest BCUT2D eigenvalue weighted by atomic mass is 9.92. The predicted octanol–water partition coefficient (Wildman–Crippen LogP) is 2.37. The Morgan fingerprint density at radius 2 is 2.16 bits per heavy atom. The number of alkyl halides is 2. The molecule has 0 bridgehead atoms. The number of piperidine rings is 1. The normalized spacial score (nSPS) is 26.7. The predicted molar refractivity (Wildman–Crippen MR) is 92.0 cm³/mol. The summed E-state index contributed by atoms with van der Waals surface area (Å²) in [5, 5.41) is 6.48. The van der Waals surface area contributed by atoms with Crippen LogP contribution < -0.4 is 20.3 Å². The molecule has 1 unspecified atom stereocenters. The van der Waals surface area contributed by atoms with E-state index in [2.05, 4.69) is 22.3 Å². The zero-order valence-corrected chi connectivity index (χ0v) is 14.4. The van der Waals surface area contributed by atoms with E-state index in [4.69, 9.17) is 0 Å². The summed E-state index contributed by atoms with van der Waals surface area (Å²) < 4.78 is 29.8. The van der Waals surface area contributed by atoms with Crippen molar-refractivity contribution in [1.29, 1.82) is 0 Å². The van der Waals surface area contributed by atoms with Crippen LogP contribution in [0.15, 0.2) is 24.3 Å². The standard InChI is InChI=1S/C18H25F2N3O2/c1-12-10-13(6-8-21-12)17(24)22-14-7-9-23(11-14)15-4-2-3-5-16(15)25-18(19)20/h2-5,12-14,18,21H,6-11H2,1H3,(H,22,24)/t12-,13-,14?/m0/s1. The minimum atomic E-state index is -2.85. The minimum Gasteiger partial charge on any atom is -0.433 e. The number of nitrogens with one attached hydrogen (secondary N) is 2.